The molecule has 2 heterocycles. The number of carbonyl (C=O) groups is 1. The van der Waals surface area contributed by atoms with Gasteiger partial charge in [0.05, 0.1) is 11.7 Å². The first-order valence-corrected chi connectivity index (χ1v) is 5.65. The molecule has 0 aliphatic carbocycles. The van der Waals surface area contributed by atoms with Crippen LogP contribution in [0.15, 0.2) is 47.5 Å². The molecular formula is C13H10N4O2. The number of carbonyl (C=O) groups excluding carboxylic acids is 1. The molecule has 0 saturated carbocycles. The van der Waals surface area contributed by atoms with Crippen molar-refractivity contribution in [3.05, 3.63) is 58.6 Å². The minimum atomic E-state index is -0.329. The summed E-state index contributed by atoms with van der Waals surface area (Å²) < 4.78 is 0. The molecule has 3 N–H and O–H groups in total. The highest BCUT2D eigenvalue weighted by Gasteiger charge is 2.07. The first-order valence-electron chi connectivity index (χ1n) is 5.65. The van der Waals surface area contributed by atoms with Gasteiger partial charge < -0.3 is 10.3 Å². The quantitative estimate of drug-likeness (QED) is 0.647. The summed E-state index contributed by atoms with van der Waals surface area (Å²) in [5.74, 6) is -0.329. The number of aromatic amines is 2. The molecule has 6 heteroatoms. The van der Waals surface area contributed by atoms with Crippen molar-refractivity contribution in [3.63, 3.8) is 0 Å². The zero-order chi connectivity index (χ0) is 13.2. The number of amides is 1. The average Bonchev–Trinajstić information content (AvgIpc) is 2.86. The number of anilines is 1. The van der Waals surface area contributed by atoms with Crippen molar-refractivity contribution in [1.82, 2.24) is 15.2 Å². The van der Waals surface area contributed by atoms with Crippen LogP contribution < -0.4 is 10.9 Å². The van der Waals surface area contributed by atoms with Crippen molar-refractivity contribution in [1.29, 1.82) is 0 Å². The molecular weight excluding hydrogens is 244 g/mol. The van der Waals surface area contributed by atoms with E-state index in [2.05, 4.69) is 20.5 Å². The van der Waals surface area contributed by atoms with Gasteiger partial charge in [0.2, 0.25) is 5.56 Å². The van der Waals surface area contributed by atoms with Crippen LogP contribution in [-0.2, 0) is 0 Å². The maximum absolute atomic E-state index is 12.0. The smallest absolute Gasteiger partial charge is 0.255 e. The number of H-pyrrole nitrogens is 2. The summed E-state index contributed by atoms with van der Waals surface area (Å²) in [6, 6.07) is 8.22. The van der Waals surface area contributed by atoms with Gasteiger partial charge in [0, 0.05) is 28.9 Å². The second-order valence-corrected chi connectivity index (χ2v) is 4.07. The van der Waals surface area contributed by atoms with Crippen LogP contribution in [0.1, 0.15) is 10.4 Å². The van der Waals surface area contributed by atoms with E-state index in [1.165, 1.54) is 12.3 Å². The molecule has 3 rings (SSSR count). The Morgan fingerprint density at radius 1 is 1.21 bits per heavy atom. The standard InChI is InChI=1S/C13H10N4O2/c18-12-5-8(3-4-14-12)13(19)16-10-2-1-9-7-15-17-11(9)6-10/h1-7H,(H,14,18)(H,15,17)(H,16,19). The zero-order valence-electron chi connectivity index (χ0n) is 9.81. The molecule has 6 nitrogen and oxygen atoms in total. The van der Waals surface area contributed by atoms with Crippen molar-refractivity contribution in [2.45, 2.75) is 0 Å². The van der Waals surface area contributed by atoms with Gasteiger partial charge in [-0.15, -0.1) is 0 Å². The lowest BCUT2D eigenvalue weighted by atomic mass is 10.2. The Balaban J connectivity index is 1.88. The van der Waals surface area contributed by atoms with Gasteiger partial charge in [-0.05, 0) is 24.3 Å². The van der Waals surface area contributed by atoms with Crippen molar-refractivity contribution >= 4 is 22.5 Å². The fourth-order valence-corrected chi connectivity index (χ4v) is 1.80. The summed E-state index contributed by atoms with van der Waals surface area (Å²) in [4.78, 5) is 25.6. The van der Waals surface area contributed by atoms with Gasteiger partial charge in [0.25, 0.3) is 5.91 Å². The lowest BCUT2D eigenvalue weighted by Crippen LogP contribution is -2.15. The maximum atomic E-state index is 12.0. The van der Waals surface area contributed by atoms with Gasteiger partial charge in [0.15, 0.2) is 0 Å². The number of benzene rings is 1. The lowest BCUT2D eigenvalue weighted by molar-refractivity contribution is 0.102. The second kappa shape index (κ2) is 4.41. The molecule has 19 heavy (non-hydrogen) atoms. The Morgan fingerprint density at radius 2 is 2.11 bits per heavy atom. The van der Waals surface area contributed by atoms with E-state index in [4.69, 9.17) is 0 Å². The summed E-state index contributed by atoms with van der Waals surface area (Å²) >= 11 is 0. The Hall–Kier alpha value is -2.89. The minimum absolute atomic E-state index is 0.309. The van der Waals surface area contributed by atoms with Crippen LogP contribution in [-0.4, -0.2) is 21.1 Å². The highest BCUT2D eigenvalue weighted by atomic mass is 16.2. The van der Waals surface area contributed by atoms with E-state index in [-0.39, 0.29) is 11.5 Å². The van der Waals surface area contributed by atoms with E-state index >= 15 is 0 Å². The molecule has 94 valence electrons. The largest absolute Gasteiger partial charge is 0.329 e. The van der Waals surface area contributed by atoms with Gasteiger partial charge in [-0.2, -0.15) is 5.10 Å². The predicted octanol–water partition coefficient (Wildman–Crippen LogP) is 1.50. The van der Waals surface area contributed by atoms with Crippen molar-refractivity contribution in [2.24, 2.45) is 0 Å². The number of fused-ring (bicyclic) bond motifs is 1. The van der Waals surface area contributed by atoms with Crippen LogP contribution in [0.4, 0.5) is 5.69 Å². The van der Waals surface area contributed by atoms with E-state index in [1.807, 2.05) is 6.07 Å². The molecule has 0 bridgehead atoms. The van der Waals surface area contributed by atoms with Crippen molar-refractivity contribution in [2.75, 3.05) is 5.32 Å². The maximum Gasteiger partial charge on any atom is 0.255 e. The van der Waals surface area contributed by atoms with Gasteiger partial charge in [-0.25, -0.2) is 0 Å². The van der Waals surface area contributed by atoms with E-state index in [0.717, 1.165) is 10.9 Å². The Labute approximate surface area is 107 Å². The molecule has 0 saturated heterocycles. The van der Waals surface area contributed by atoms with Crippen molar-refractivity contribution in [3.8, 4) is 0 Å². The van der Waals surface area contributed by atoms with Crippen LogP contribution in [0, 0.1) is 0 Å². The highest BCUT2D eigenvalue weighted by Crippen LogP contribution is 2.17. The molecule has 0 aliphatic heterocycles. The molecule has 0 fully saturated rings. The fourth-order valence-electron chi connectivity index (χ4n) is 1.80. The lowest BCUT2D eigenvalue weighted by Gasteiger charge is -2.04. The van der Waals surface area contributed by atoms with E-state index in [0.29, 0.717) is 11.3 Å². The second-order valence-electron chi connectivity index (χ2n) is 4.07. The highest BCUT2D eigenvalue weighted by molar-refractivity contribution is 6.04. The molecule has 0 radical (unpaired) electrons. The number of nitrogens with one attached hydrogen (secondary N) is 3. The van der Waals surface area contributed by atoms with Crippen LogP contribution >= 0.6 is 0 Å². The molecule has 0 unspecified atom stereocenters. The summed E-state index contributed by atoms with van der Waals surface area (Å²) in [6.45, 7) is 0. The van der Waals surface area contributed by atoms with Crippen LogP contribution in [0.2, 0.25) is 0 Å². The average molecular weight is 254 g/mol. The number of aromatic nitrogens is 3. The number of rotatable bonds is 2. The van der Waals surface area contributed by atoms with Gasteiger partial charge in [0.1, 0.15) is 0 Å². The minimum Gasteiger partial charge on any atom is -0.329 e. The molecule has 0 atom stereocenters. The Morgan fingerprint density at radius 3 is 2.95 bits per heavy atom. The molecule has 0 spiro atoms. The normalized spacial score (nSPS) is 10.5. The monoisotopic (exact) mass is 254 g/mol. The molecule has 1 amide bonds. The van der Waals surface area contributed by atoms with Gasteiger partial charge >= 0.3 is 0 Å². The molecule has 2 aromatic heterocycles. The summed E-state index contributed by atoms with van der Waals surface area (Å²) in [5, 5.41) is 10.4. The number of pyridine rings is 1. The van der Waals surface area contributed by atoms with E-state index < -0.39 is 0 Å². The molecule has 0 aliphatic rings. The van der Waals surface area contributed by atoms with Crippen LogP contribution in [0.25, 0.3) is 10.9 Å². The summed E-state index contributed by atoms with van der Waals surface area (Å²) in [7, 11) is 0. The Bertz CT molecular complexity index is 803. The fraction of sp³-hybridized carbons (Fsp3) is 0. The molecule has 1 aromatic carbocycles. The van der Waals surface area contributed by atoms with Crippen LogP contribution in [0.3, 0.4) is 0 Å². The summed E-state index contributed by atoms with van der Waals surface area (Å²) in [6.07, 6.45) is 3.15. The molecule has 3 aromatic rings. The number of nitrogens with zero attached hydrogens (tertiary/aromatic N) is 1. The third-order valence-electron chi connectivity index (χ3n) is 2.74. The first kappa shape index (κ1) is 11.2. The third-order valence-corrected chi connectivity index (χ3v) is 2.74. The van der Waals surface area contributed by atoms with Crippen LogP contribution in [0.5, 0.6) is 0 Å². The van der Waals surface area contributed by atoms with E-state index in [9.17, 15) is 9.59 Å². The summed E-state index contributed by atoms with van der Waals surface area (Å²) in [5.41, 5.74) is 1.48. The first-order chi connectivity index (χ1) is 9.22. The van der Waals surface area contributed by atoms with E-state index in [1.54, 1.807) is 24.4 Å². The third kappa shape index (κ3) is 2.23. The van der Waals surface area contributed by atoms with Gasteiger partial charge in [-0.3, -0.25) is 14.7 Å². The predicted molar refractivity (Wildman–Crippen MR) is 71.1 cm³/mol. The van der Waals surface area contributed by atoms with Crippen molar-refractivity contribution < 1.29 is 4.79 Å². The number of hydrogen-bond acceptors (Lipinski definition) is 3. The number of hydrogen-bond donors (Lipinski definition) is 3. The van der Waals surface area contributed by atoms with Gasteiger partial charge in [-0.1, -0.05) is 0 Å². The SMILES string of the molecule is O=C(Nc1ccc2cn[nH]c2c1)c1cc[nH]c(=O)c1. The Kier molecular flexibility index (Phi) is 2.60. The topological polar surface area (TPSA) is 90.6 Å². The zero-order valence-corrected chi connectivity index (χ0v) is 9.81.